The van der Waals surface area contributed by atoms with E-state index in [0.29, 0.717) is 5.13 Å². The van der Waals surface area contributed by atoms with Gasteiger partial charge in [-0.2, -0.15) is 0 Å². The molecule has 2 aromatic heterocycles. The van der Waals surface area contributed by atoms with Gasteiger partial charge in [0.2, 0.25) is 5.91 Å². The number of piperidine rings is 1. The molecule has 1 fully saturated rings. The molecule has 0 aromatic carbocycles. The van der Waals surface area contributed by atoms with Gasteiger partial charge >= 0.3 is 0 Å². The molecule has 0 unspecified atom stereocenters. The molecule has 1 aliphatic rings. The van der Waals surface area contributed by atoms with Crippen LogP contribution in [0.4, 0.5) is 5.13 Å². The molecule has 2 aromatic rings. The summed E-state index contributed by atoms with van der Waals surface area (Å²) < 4.78 is 0. The van der Waals surface area contributed by atoms with Crippen LogP contribution in [-0.2, 0) is 4.79 Å². The molecule has 20 heavy (non-hydrogen) atoms. The summed E-state index contributed by atoms with van der Waals surface area (Å²) >= 11 is 1.43. The molecule has 3 heterocycles. The third-order valence-electron chi connectivity index (χ3n) is 3.29. The highest BCUT2D eigenvalue weighted by Crippen LogP contribution is 2.23. The highest BCUT2D eigenvalue weighted by atomic mass is 32.1. The fourth-order valence-electron chi connectivity index (χ4n) is 2.23. The van der Waals surface area contributed by atoms with E-state index in [0.717, 1.165) is 37.2 Å². The maximum Gasteiger partial charge on any atom is 0.243 e. The van der Waals surface area contributed by atoms with Crippen LogP contribution < -0.4 is 10.6 Å². The molecule has 1 aliphatic heterocycles. The Morgan fingerprint density at radius 3 is 3.05 bits per heavy atom. The number of pyridine rings is 1. The first-order valence-corrected chi connectivity index (χ1v) is 7.62. The summed E-state index contributed by atoms with van der Waals surface area (Å²) in [6, 6.07) is 5.61. The lowest BCUT2D eigenvalue weighted by Gasteiger charge is -2.21. The fourth-order valence-corrected chi connectivity index (χ4v) is 2.94. The van der Waals surface area contributed by atoms with Crippen LogP contribution in [-0.4, -0.2) is 28.5 Å². The van der Waals surface area contributed by atoms with Gasteiger partial charge in [-0.25, -0.2) is 4.98 Å². The third kappa shape index (κ3) is 3.02. The number of hydrogen-bond donors (Lipinski definition) is 2. The maximum atomic E-state index is 12.1. The van der Waals surface area contributed by atoms with E-state index in [1.807, 2.05) is 23.6 Å². The zero-order valence-corrected chi connectivity index (χ0v) is 11.8. The van der Waals surface area contributed by atoms with Gasteiger partial charge in [0.25, 0.3) is 0 Å². The number of nitrogens with one attached hydrogen (secondary N) is 2. The molecule has 0 saturated carbocycles. The number of carbonyl (C=O) groups is 1. The molecule has 0 aliphatic carbocycles. The van der Waals surface area contributed by atoms with E-state index in [2.05, 4.69) is 20.6 Å². The predicted molar refractivity (Wildman–Crippen MR) is 79.6 cm³/mol. The first-order valence-electron chi connectivity index (χ1n) is 6.74. The van der Waals surface area contributed by atoms with Gasteiger partial charge in [0, 0.05) is 11.6 Å². The lowest BCUT2D eigenvalue weighted by atomic mass is 10.0. The van der Waals surface area contributed by atoms with Crippen molar-refractivity contribution in [3.63, 3.8) is 0 Å². The normalized spacial score (nSPS) is 18.7. The average Bonchev–Trinajstić information content (AvgIpc) is 2.97. The zero-order valence-electron chi connectivity index (χ0n) is 11.0. The van der Waals surface area contributed by atoms with Crippen molar-refractivity contribution in [2.45, 2.75) is 25.3 Å². The van der Waals surface area contributed by atoms with E-state index in [1.54, 1.807) is 6.20 Å². The van der Waals surface area contributed by atoms with Crippen LogP contribution in [0.15, 0.2) is 29.8 Å². The van der Waals surface area contributed by atoms with Gasteiger partial charge in [-0.1, -0.05) is 12.5 Å². The van der Waals surface area contributed by atoms with E-state index in [1.165, 1.54) is 11.3 Å². The number of thiazole rings is 1. The van der Waals surface area contributed by atoms with Crippen LogP contribution in [0.2, 0.25) is 0 Å². The smallest absolute Gasteiger partial charge is 0.243 e. The quantitative estimate of drug-likeness (QED) is 0.909. The second kappa shape index (κ2) is 6.11. The number of hydrogen-bond acceptors (Lipinski definition) is 5. The van der Waals surface area contributed by atoms with Crippen molar-refractivity contribution in [1.82, 2.24) is 15.3 Å². The van der Waals surface area contributed by atoms with Crippen LogP contribution in [0.1, 0.15) is 19.3 Å². The third-order valence-corrected chi connectivity index (χ3v) is 4.05. The van der Waals surface area contributed by atoms with Crippen LogP contribution in [0.3, 0.4) is 0 Å². The molecule has 104 valence electrons. The molecular formula is C14H16N4OS. The van der Waals surface area contributed by atoms with E-state index in [-0.39, 0.29) is 11.9 Å². The van der Waals surface area contributed by atoms with E-state index in [4.69, 9.17) is 0 Å². The van der Waals surface area contributed by atoms with Crippen molar-refractivity contribution >= 4 is 22.4 Å². The number of amides is 1. The van der Waals surface area contributed by atoms with Gasteiger partial charge in [-0.3, -0.25) is 9.78 Å². The minimum absolute atomic E-state index is 0.00613. The SMILES string of the molecule is O=C(Nc1nc(-c2ccccn2)cs1)[C@H]1CCCCN1. The van der Waals surface area contributed by atoms with Crippen molar-refractivity contribution in [3.8, 4) is 11.4 Å². The van der Waals surface area contributed by atoms with Crippen molar-refractivity contribution in [2.75, 3.05) is 11.9 Å². The highest BCUT2D eigenvalue weighted by molar-refractivity contribution is 7.14. The Hall–Kier alpha value is -1.79. The first kappa shape index (κ1) is 13.2. The van der Waals surface area contributed by atoms with Gasteiger partial charge in [-0.15, -0.1) is 11.3 Å². The molecule has 0 bridgehead atoms. The molecule has 1 atom stereocenters. The summed E-state index contributed by atoms with van der Waals surface area (Å²) in [5.41, 5.74) is 1.61. The Labute approximate surface area is 121 Å². The minimum atomic E-state index is -0.0917. The van der Waals surface area contributed by atoms with Crippen LogP contribution in [0.25, 0.3) is 11.4 Å². The molecule has 2 N–H and O–H groups in total. The summed E-state index contributed by atoms with van der Waals surface area (Å²) in [7, 11) is 0. The lowest BCUT2D eigenvalue weighted by Crippen LogP contribution is -2.43. The summed E-state index contributed by atoms with van der Waals surface area (Å²) in [4.78, 5) is 20.8. The molecule has 0 spiro atoms. The Kier molecular flexibility index (Phi) is 4.03. The molecule has 1 amide bonds. The van der Waals surface area contributed by atoms with Crippen LogP contribution >= 0.6 is 11.3 Å². The number of rotatable bonds is 3. The van der Waals surface area contributed by atoms with Gasteiger partial charge < -0.3 is 10.6 Å². The van der Waals surface area contributed by atoms with Crippen molar-refractivity contribution in [3.05, 3.63) is 29.8 Å². The molecule has 6 heteroatoms. The summed E-state index contributed by atoms with van der Waals surface area (Å²) in [6.07, 6.45) is 4.87. The van der Waals surface area contributed by atoms with E-state index in [9.17, 15) is 4.79 Å². The lowest BCUT2D eigenvalue weighted by molar-refractivity contribution is -0.118. The zero-order chi connectivity index (χ0) is 13.8. The number of nitrogens with zero attached hydrogens (tertiary/aromatic N) is 2. The van der Waals surface area contributed by atoms with Gasteiger partial charge in [0.05, 0.1) is 11.7 Å². The highest BCUT2D eigenvalue weighted by Gasteiger charge is 2.21. The van der Waals surface area contributed by atoms with Gasteiger partial charge in [0.15, 0.2) is 5.13 Å². The average molecular weight is 288 g/mol. The van der Waals surface area contributed by atoms with Crippen LogP contribution in [0, 0.1) is 0 Å². The Bertz CT molecular complexity index is 578. The number of anilines is 1. The predicted octanol–water partition coefficient (Wildman–Crippen LogP) is 2.29. The van der Waals surface area contributed by atoms with E-state index >= 15 is 0 Å². The first-order chi connectivity index (χ1) is 9.83. The Morgan fingerprint density at radius 1 is 1.35 bits per heavy atom. The standard InChI is InChI=1S/C14H16N4OS/c19-13(11-6-2-4-8-16-11)18-14-17-12(9-20-14)10-5-1-3-7-15-10/h1,3,5,7,9,11,16H,2,4,6,8H2,(H,17,18,19)/t11-/m1/s1. The van der Waals surface area contributed by atoms with E-state index < -0.39 is 0 Å². The minimum Gasteiger partial charge on any atom is -0.306 e. The second-order valence-electron chi connectivity index (χ2n) is 4.74. The monoisotopic (exact) mass is 288 g/mol. The molecular weight excluding hydrogens is 272 g/mol. The summed E-state index contributed by atoms with van der Waals surface area (Å²) in [5, 5.41) is 8.65. The molecule has 1 saturated heterocycles. The molecule has 5 nitrogen and oxygen atoms in total. The Morgan fingerprint density at radius 2 is 2.30 bits per heavy atom. The Balaban J connectivity index is 1.66. The summed E-state index contributed by atoms with van der Waals surface area (Å²) in [6.45, 7) is 0.912. The number of aromatic nitrogens is 2. The van der Waals surface area contributed by atoms with Crippen molar-refractivity contribution in [2.24, 2.45) is 0 Å². The summed E-state index contributed by atoms with van der Waals surface area (Å²) in [5.74, 6) is 0.00613. The van der Waals surface area contributed by atoms with Gasteiger partial charge in [-0.05, 0) is 31.5 Å². The number of carbonyl (C=O) groups excluding carboxylic acids is 1. The van der Waals surface area contributed by atoms with Crippen molar-refractivity contribution < 1.29 is 4.79 Å². The fraction of sp³-hybridized carbons (Fsp3) is 0.357. The maximum absolute atomic E-state index is 12.1. The largest absolute Gasteiger partial charge is 0.306 e. The van der Waals surface area contributed by atoms with Crippen molar-refractivity contribution in [1.29, 1.82) is 0 Å². The molecule has 3 rings (SSSR count). The second-order valence-corrected chi connectivity index (χ2v) is 5.60. The topological polar surface area (TPSA) is 66.9 Å². The molecule has 0 radical (unpaired) electrons. The van der Waals surface area contributed by atoms with Crippen LogP contribution in [0.5, 0.6) is 0 Å². The van der Waals surface area contributed by atoms with Gasteiger partial charge in [0.1, 0.15) is 5.69 Å².